The molecule has 0 aromatic heterocycles. The molecule has 1 rings (SSSR count). The molecule has 1 aromatic carbocycles. The fraction of sp³-hybridized carbons (Fsp3) is 0. The molecule has 0 radical (unpaired) electrons. The largest absolute Gasteiger partial charge is 0.286 e. The third kappa shape index (κ3) is 2.90. The van der Waals surface area contributed by atoms with Crippen molar-refractivity contribution < 1.29 is 8.42 Å². The van der Waals surface area contributed by atoms with Crippen LogP contribution in [0.25, 0.3) is 0 Å². The van der Waals surface area contributed by atoms with Gasteiger partial charge in [0.25, 0.3) is 0 Å². The van der Waals surface area contributed by atoms with Crippen LogP contribution in [0.1, 0.15) is 0 Å². The standard InChI is InChI=1S/C6H6BrNO2S/c7-5-1-3-6(4-2-5)8-11(9)10/h1-4,11H,(H,8,9,10). The highest BCUT2D eigenvalue weighted by atomic mass is 79.9. The summed E-state index contributed by atoms with van der Waals surface area (Å²) in [4.78, 5) is 0. The van der Waals surface area contributed by atoms with E-state index in [0.717, 1.165) is 4.47 Å². The van der Waals surface area contributed by atoms with Crippen LogP contribution in [-0.2, 0) is 10.9 Å². The van der Waals surface area contributed by atoms with Crippen LogP contribution in [0.5, 0.6) is 0 Å². The first-order valence-electron chi connectivity index (χ1n) is 2.85. The molecule has 3 nitrogen and oxygen atoms in total. The fourth-order valence-corrected chi connectivity index (χ4v) is 1.25. The van der Waals surface area contributed by atoms with Crippen molar-refractivity contribution in [2.45, 2.75) is 0 Å². The van der Waals surface area contributed by atoms with Crippen molar-refractivity contribution >= 4 is 32.5 Å². The zero-order valence-corrected chi connectivity index (χ0v) is 7.93. The SMILES string of the molecule is O=[SH](=O)Nc1ccc(Br)cc1. The van der Waals surface area contributed by atoms with Crippen molar-refractivity contribution in [1.82, 2.24) is 0 Å². The highest BCUT2D eigenvalue weighted by Crippen LogP contribution is 2.13. The fourth-order valence-electron chi connectivity index (χ4n) is 0.630. The summed E-state index contributed by atoms with van der Waals surface area (Å²) in [5, 5.41) is 0. The van der Waals surface area contributed by atoms with Crippen LogP contribution < -0.4 is 4.72 Å². The topological polar surface area (TPSA) is 46.2 Å². The van der Waals surface area contributed by atoms with E-state index in [1.54, 1.807) is 24.3 Å². The van der Waals surface area contributed by atoms with E-state index in [9.17, 15) is 8.42 Å². The minimum absolute atomic E-state index is 0.573. The minimum atomic E-state index is -2.55. The average molecular weight is 236 g/mol. The monoisotopic (exact) mass is 235 g/mol. The number of hydrogen-bond acceptors (Lipinski definition) is 2. The van der Waals surface area contributed by atoms with Gasteiger partial charge in [0, 0.05) is 10.2 Å². The minimum Gasteiger partial charge on any atom is -0.286 e. The number of thiol groups is 1. The molecule has 1 aromatic rings. The van der Waals surface area contributed by atoms with Crippen molar-refractivity contribution in [2.75, 3.05) is 4.72 Å². The maximum absolute atomic E-state index is 10.2. The maximum atomic E-state index is 10.2. The Balaban J connectivity index is 2.82. The average Bonchev–Trinajstić information content (AvgIpc) is 1.93. The molecule has 1 N–H and O–H groups in total. The lowest BCUT2D eigenvalue weighted by molar-refractivity contribution is 0.619. The van der Waals surface area contributed by atoms with E-state index in [1.165, 1.54) is 0 Å². The third-order valence-electron chi connectivity index (χ3n) is 1.06. The summed E-state index contributed by atoms with van der Waals surface area (Å²) < 4.78 is 23.5. The highest BCUT2D eigenvalue weighted by molar-refractivity contribution is 9.10. The summed E-state index contributed by atoms with van der Waals surface area (Å²) in [5.41, 5.74) is 0.573. The van der Waals surface area contributed by atoms with E-state index in [1.807, 2.05) is 0 Å². The molecule has 0 unspecified atom stereocenters. The van der Waals surface area contributed by atoms with Crippen molar-refractivity contribution in [3.8, 4) is 0 Å². The third-order valence-corrected chi connectivity index (χ3v) is 2.03. The van der Waals surface area contributed by atoms with Crippen LogP contribution >= 0.6 is 15.9 Å². The summed E-state index contributed by atoms with van der Waals surface area (Å²) in [7, 11) is -2.55. The number of anilines is 1. The van der Waals surface area contributed by atoms with E-state index in [4.69, 9.17) is 0 Å². The van der Waals surface area contributed by atoms with Crippen LogP contribution in [0.15, 0.2) is 28.7 Å². The number of halogens is 1. The molecule has 0 amide bonds. The normalized spacial score (nSPS) is 10.0. The molecule has 0 bridgehead atoms. The Morgan fingerprint density at radius 3 is 2.18 bits per heavy atom. The van der Waals surface area contributed by atoms with Crippen molar-refractivity contribution in [3.05, 3.63) is 28.7 Å². The maximum Gasteiger partial charge on any atom is 0.222 e. The van der Waals surface area contributed by atoms with Gasteiger partial charge in [-0.05, 0) is 24.3 Å². The highest BCUT2D eigenvalue weighted by Gasteiger charge is 1.89. The Bertz CT molecular complexity index is 299. The second kappa shape index (κ2) is 3.73. The Morgan fingerprint density at radius 2 is 1.73 bits per heavy atom. The van der Waals surface area contributed by atoms with Crippen molar-refractivity contribution in [2.24, 2.45) is 0 Å². The summed E-state index contributed by atoms with van der Waals surface area (Å²) >= 11 is 3.23. The van der Waals surface area contributed by atoms with Gasteiger partial charge in [-0.15, -0.1) is 0 Å². The van der Waals surface area contributed by atoms with Crippen LogP contribution in [-0.4, -0.2) is 8.42 Å². The Labute approximate surface area is 74.6 Å². The van der Waals surface area contributed by atoms with E-state index in [2.05, 4.69) is 20.7 Å². The molecule has 0 heterocycles. The molecule has 0 aliphatic carbocycles. The molecule has 0 spiro atoms. The summed E-state index contributed by atoms with van der Waals surface area (Å²) in [6, 6.07) is 6.88. The van der Waals surface area contributed by atoms with E-state index in [-0.39, 0.29) is 0 Å². The number of rotatable bonds is 2. The van der Waals surface area contributed by atoms with Gasteiger partial charge in [0.2, 0.25) is 10.9 Å². The number of benzene rings is 1. The Kier molecular flexibility index (Phi) is 2.90. The number of nitrogens with one attached hydrogen (secondary N) is 1. The van der Waals surface area contributed by atoms with Crippen LogP contribution in [0.2, 0.25) is 0 Å². The molecule has 0 aliphatic heterocycles. The molecule has 0 atom stereocenters. The first-order chi connectivity index (χ1) is 5.18. The first kappa shape index (κ1) is 8.55. The predicted molar refractivity (Wildman–Crippen MR) is 48.1 cm³/mol. The van der Waals surface area contributed by atoms with Crippen LogP contribution in [0.4, 0.5) is 5.69 Å². The van der Waals surface area contributed by atoms with E-state index >= 15 is 0 Å². The summed E-state index contributed by atoms with van der Waals surface area (Å²) in [6.45, 7) is 0. The molecule has 0 aliphatic rings. The van der Waals surface area contributed by atoms with Gasteiger partial charge in [-0.1, -0.05) is 15.9 Å². The second-order valence-electron chi connectivity index (χ2n) is 1.88. The Morgan fingerprint density at radius 1 is 1.18 bits per heavy atom. The van der Waals surface area contributed by atoms with Gasteiger partial charge < -0.3 is 0 Å². The van der Waals surface area contributed by atoms with Crippen molar-refractivity contribution in [3.63, 3.8) is 0 Å². The molecule has 11 heavy (non-hydrogen) atoms. The molecule has 60 valence electrons. The van der Waals surface area contributed by atoms with E-state index in [0.29, 0.717) is 5.69 Å². The molecule has 0 fully saturated rings. The smallest absolute Gasteiger partial charge is 0.222 e. The van der Waals surface area contributed by atoms with Crippen molar-refractivity contribution in [1.29, 1.82) is 0 Å². The molecule has 0 saturated heterocycles. The molecular weight excluding hydrogens is 230 g/mol. The van der Waals surface area contributed by atoms with Gasteiger partial charge in [0.15, 0.2) is 0 Å². The predicted octanol–water partition coefficient (Wildman–Crippen LogP) is 1.39. The Hall–Kier alpha value is -0.550. The van der Waals surface area contributed by atoms with Gasteiger partial charge >= 0.3 is 0 Å². The lowest BCUT2D eigenvalue weighted by Gasteiger charge is -1.96. The molecule has 5 heteroatoms. The van der Waals surface area contributed by atoms with Gasteiger partial charge in [-0.3, -0.25) is 4.72 Å². The van der Waals surface area contributed by atoms with Gasteiger partial charge in [-0.25, -0.2) is 8.42 Å². The van der Waals surface area contributed by atoms with Gasteiger partial charge in [0.1, 0.15) is 0 Å². The lowest BCUT2D eigenvalue weighted by Crippen LogP contribution is -1.93. The second-order valence-corrected chi connectivity index (χ2v) is 3.53. The zero-order valence-electron chi connectivity index (χ0n) is 5.45. The number of hydrogen-bond donors (Lipinski definition) is 2. The van der Waals surface area contributed by atoms with Crippen LogP contribution in [0, 0.1) is 0 Å². The first-order valence-corrected chi connectivity index (χ1v) is 4.82. The molecular formula is C6H6BrNO2S. The summed E-state index contributed by atoms with van der Waals surface area (Å²) in [6.07, 6.45) is 0. The summed E-state index contributed by atoms with van der Waals surface area (Å²) in [5.74, 6) is 0. The van der Waals surface area contributed by atoms with Gasteiger partial charge in [-0.2, -0.15) is 0 Å². The van der Waals surface area contributed by atoms with Gasteiger partial charge in [0.05, 0.1) is 0 Å². The van der Waals surface area contributed by atoms with E-state index < -0.39 is 10.9 Å². The molecule has 0 saturated carbocycles. The zero-order chi connectivity index (χ0) is 8.27. The quantitative estimate of drug-likeness (QED) is 0.762. The van der Waals surface area contributed by atoms with Crippen LogP contribution in [0.3, 0.4) is 0 Å². The lowest BCUT2D eigenvalue weighted by atomic mass is 10.3.